The maximum Gasteiger partial charge on any atom is 0.244 e. The van der Waals surface area contributed by atoms with E-state index in [1.165, 1.54) is 18.5 Å². The maximum atomic E-state index is 12.3. The zero-order valence-electron chi connectivity index (χ0n) is 11.2. The second kappa shape index (κ2) is 5.91. The highest BCUT2D eigenvalue weighted by atomic mass is 35.5. The molecule has 2 aromatic rings. The first-order chi connectivity index (χ1) is 9.40. The largest absolute Gasteiger partial charge is 0.263 e. The minimum absolute atomic E-state index is 0.0133. The third kappa shape index (κ3) is 3.36. The van der Waals surface area contributed by atoms with Gasteiger partial charge in [-0.2, -0.15) is 0 Å². The average molecular weight is 311 g/mol. The van der Waals surface area contributed by atoms with Crippen molar-refractivity contribution in [3.8, 4) is 0 Å². The number of hydrogen-bond donors (Lipinski definition) is 1. The van der Waals surface area contributed by atoms with Crippen LogP contribution >= 0.6 is 11.6 Å². The molecule has 0 radical (unpaired) electrons. The number of hydrogen-bond acceptors (Lipinski definition) is 3. The van der Waals surface area contributed by atoms with Crippen LogP contribution in [0.5, 0.6) is 0 Å². The first kappa shape index (κ1) is 15.0. The van der Waals surface area contributed by atoms with Crippen molar-refractivity contribution in [3.05, 3.63) is 58.9 Å². The lowest BCUT2D eigenvalue weighted by Crippen LogP contribution is -2.27. The van der Waals surface area contributed by atoms with Gasteiger partial charge in [-0.25, -0.2) is 13.1 Å². The molecule has 0 amide bonds. The van der Waals surface area contributed by atoms with Crippen molar-refractivity contribution in [1.82, 2.24) is 9.71 Å². The monoisotopic (exact) mass is 310 g/mol. The Morgan fingerprint density at radius 1 is 1.20 bits per heavy atom. The number of nitrogens with zero attached hydrogens (tertiary/aromatic N) is 1. The molecule has 4 nitrogen and oxygen atoms in total. The van der Waals surface area contributed by atoms with Gasteiger partial charge in [-0.1, -0.05) is 41.4 Å². The molecule has 1 aromatic heterocycles. The van der Waals surface area contributed by atoms with Gasteiger partial charge in [-0.3, -0.25) is 4.98 Å². The molecular formula is C14H15ClN2O2S. The molecule has 20 heavy (non-hydrogen) atoms. The highest BCUT2D eigenvalue weighted by Crippen LogP contribution is 2.22. The van der Waals surface area contributed by atoms with Crippen molar-refractivity contribution < 1.29 is 8.42 Å². The number of rotatable bonds is 4. The van der Waals surface area contributed by atoms with Gasteiger partial charge in [0, 0.05) is 18.4 Å². The predicted octanol–water partition coefficient (Wildman–Crippen LogP) is 3.08. The molecule has 0 aliphatic heterocycles. The van der Waals surface area contributed by atoms with E-state index in [4.69, 9.17) is 11.6 Å². The van der Waals surface area contributed by atoms with Crippen LogP contribution in [-0.4, -0.2) is 13.4 Å². The van der Waals surface area contributed by atoms with Gasteiger partial charge >= 0.3 is 0 Å². The molecular weight excluding hydrogens is 296 g/mol. The fourth-order valence-corrected chi connectivity index (χ4v) is 3.44. The van der Waals surface area contributed by atoms with Crippen LogP contribution in [0.3, 0.4) is 0 Å². The summed E-state index contributed by atoms with van der Waals surface area (Å²) < 4.78 is 27.1. The molecule has 1 atom stereocenters. The van der Waals surface area contributed by atoms with E-state index in [0.29, 0.717) is 0 Å². The Labute approximate surface area is 123 Å². The quantitative estimate of drug-likeness (QED) is 0.944. The Morgan fingerprint density at radius 3 is 2.45 bits per heavy atom. The number of pyridine rings is 1. The van der Waals surface area contributed by atoms with Crippen LogP contribution in [0.1, 0.15) is 24.1 Å². The van der Waals surface area contributed by atoms with Crippen LogP contribution in [-0.2, 0) is 10.0 Å². The van der Waals surface area contributed by atoms with Gasteiger partial charge in [0.2, 0.25) is 10.0 Å². The summed E-state index contributed by atoms with van der Waals surface area (Å²) in [5, 5.41) is 0.156. The summed E-state index contributed by atoms with van der Waals surface area (Å²) in [5.41, 5.74) is 2.01. The lowest BCUT2D eigenvalue weighted by Gasteiger charge is -2.15. The second-order valence-electron chi connectivity index (χ2n) is 4.56. The number of aryl methyl sites for hydroxylation is 1. The number of halogens is 1. The van der Waals surface area contributed by atoms with Crippen molar-refractivity contribution in [1.29, 1.82) is 0 Å². The van der Waals surface area contributed by atoms with E-state index >= 15 is 0 Å². The van der Waals surface area contributed by atoms with Crippen LogP contribution in [0, 0.1) is 6.92 Å². The Balaban J connectivity index is 2.24. The topological polar surface area (TPSA) is 59.1 Å². The van der Waals surface area contributed by atoms with Gasteiger partial charge in [0.05, 0.1) is 5.02 Å². The summed E-state index contributed by atoms with van der Waals surface area (Å²) in [6.07, 6.45) is 2.69. The van der Waals surface area contributed by atoms with Gasteiger partial charge in [-0.15, -0.1) is 0 Å². The van der Waals surface area contributed by atoms with Crippen LogP contribution in [0.2, 0.25) is 5.02 Å². The smallest absolute Gasteiger partial charge is 0.244 e. The van der Waals surface area contributed by atoms with Crippen molar-refractivity contribution >= 4 is 21.6 Å². The molecule has 0 aliphatic carbocycles. The van der Waals surface area contributed by atoms with Crippen molar-refractivity contribution in [2.75, 3.05) is 0 Å². The molecule has 6 heteroatoms. The highest BCUT2D eigenvalue weighted by Gasteiger charge is 2.21. The molecule has 0 aliphatic rings. The lowest BCUT2D eigenvalue weighted by atomic mass is 10.1. The van der Waals surface area contributed by atoms with Crippen LogP contribution in [0.4, 0.5) is 0 Å². The van der Waals surface area contributed by atoms with Gasteiger partial charge in [0.1, 0.15) is 4.90 Å². The Morgan fingerprint density at radius 2 is 1.85 bits per heavy atom. The summed E-state index contributed by atoms with van der Waals surface area (Å²) in [7, 11) is -3.69. The van der Waals surface area contributed by atoms with E-state index < -0.39 is 10.0 Å². The Hall–Kier alpha value is -1.43. The molecule has 1 unspecified atom stereocenters. The van der Waals surface area contributed by atoms with E-state index in [1.807, 2.05) is 31.2 Å². The minimum Gasteiger partial charge on any atom is -0.263 e. The molecule has 1 heterocycles. The van der Waals surface area contributed by atoms with E-state index in [2.05, 4.69) is 9.71 Å². The molecule has 0 fully saturated rings. The highest BCUT2D eigenvalue weighted by molar-refractivity contribution is 7.89. The summed E-state index contributed by atoms with van der Waals surface area (Å²) in [6.45, 7) is 3.76. The summed E-state index contributed by atoms with van der Waals surface area (Å²) in [6, 6.07) is 8.78. The van der Waals surface area contributed by atoms with E-state index in [0.717, 1.165) is 11.1 Å². The Bertz CT molecular complexity index is 699. The second-order valence-corrected chi connectivity index (χ2v) is 6.65. The number of benzene rings is 1. The molecule has 2 rings (SSSR count). The SMILES string of the molecule is Cc1ccc(C(C)NS(=O)(=O)c2cnccc2Cl)cc1. The average Bonchev–Trinajstić information content (AvgIpc) is 2.39. The third-order valence-corrected chi connectivity index (χ3v) is 4.94. The number of nitrogens with one attached hydrogen (secondary N) is 1. The van der Waals surface area contributed by atoms with Crippen molar-refractivity contribution in [3.63, 3.8) is 0 Å². The number of aromatic nitrogens is 1. The van der Waals surface area contributed by atoms with Crippen LogP contribution < -0.4 is 4.72 Å². The molecule has 0 saturated heterocycles. The maximum absolute atomic E-state index is 12.3. The standard InChI is InChI=1S/C14H15ClN2O2S/c1-10-3-5-12(6-4-10)11(2)17-20(18,19)14-9-16-8-7-13(14)15/h3-9,11,17H,1-2H3. The fraction of sp³-hybridized carbons (Fsp3) is 0.214. The lowest BCUT2D eigenvalue weighted by molar-refractivity contribution is 0.566. The first-order valence-corrected chi connectivity index (χ1v) is 7.94. The fourth-order valence-electron chi connectivity index (χ4n) is 1.78. The van der Waals surface area contributed by atoms with Crippen molar-refractivity contribution in [2.24, 2.45) is 0 Å². The van der Waals surface area contributed by atoms with Gasteiger partial charge in [-0.05, 0) is 25.5 Å². The molecule has 0 spiro atoms. The zero-order valence-corrected chi connectivity index (χ0v) is 12.7. The Kier molecular flexibility index (Phi) is 4.42. The van der Waals surface area contributed by atoms with Gasteiger partial charge in [0.15, 0.2) is 0 Å². The molecule has 1 N–H and O–H groups in total. The third-order valence-electron chi connectivity index (χ3n) is 2.93. The first-order valence-electron chi connectivity index (χ1n) is 6.08. The van der Waals surface area contributed by atoms with E-state index in [1.54, 1.807) is 6.92 Å². The van der Waals surface area contributed by atoms with Crippen LogP contribution in [0.25, 0.3) is 0 Å². The van der Waals surface area contributed by atoms with Gasteiger partial charge in [0.25, 0.3) is 0 Å². The molecule has 106 valence electrons. The minimum atomic E-state index is -3.69. The van der Waals surface area contributed by atoms with E-state index in [9.17, 15) is 8.42 Å². The molecule has 0 saturated carbocycles. The number of sulfonamides is 1. The zero-order chi connectivity index (χ0) is 14.8. The normalized spacial score (nSPS) is 13.2. The molecule has 0 bridgehead atoms. The summed E-state index contributed by atoms with van der Waals surface area (Å²) >= 11 is 5.90. The van der Waals surface area contributed by atoms with Crippen molar-refractivity contribution in [2.45, 2.75) is 24.8 Å². The van der Waals surface area contributed by atoms with E-state index in [-0.39, 0.29) is 16.0 Å². The molecule has 1 aromatic carbocycles. The summed E-state index contributed by atoms with van der Waals surface area (Å²) in [4.78, 5) is 3.79. The summed E-state index contributed by atoms with van der Waals surface area (Å²) in [5.74, 6) is 0. The van der Waals surface area contributed by atoms with Crippen LogP contribution in [0.15, 0.2) is 47.6 Å². The van der Waals surface area contributed by atoms with Gasteiger partial charge < -0.3 is 0 Å². The predicted molar refractivity (Wildman–Crippen MR) is 79.2 cm³/mol.